The Morgan fingerprint density at radius 1 is 1.05 bits per heavy atom. The van der Waals surface area contributed by atoms with Gasteiger partial charge in [0.1, 0.15) is 5.82 Å². The molecule has 37 heavy (non-hydrogen) atoms. The second-order valence-electron chi connectivity index (χ2n) is 8.46. The van der Waals surface area contributed by atoms with Gasteiger partial charge in [-0.25, -0.2) is 4.39 Å². The van der Waals surface area contributed by atoms with Gasteiger partial charge in [-0.15, -0.1) is 0 Å². The Morgan fingerprint density at radius 3 is 2.41 bits per heavy atom. The molecule has 8 heteroatoms. The van der Waals surface area contributed by atoms with Gasteiger partial charge in [0, 0.05) is 27.5 Å². The highest BCUT2D eigenvalue weighted by Crippen LogP contribution is 2.43. The van der Waals surface area contributed by atoms with Gasteiger partial charge in [-0.05, 0) is 61.4 Å². The maximum atomic E-state index is 13.6. The van der Waals surface area contributed by atoms with Crippen LogP contribution in [-0.4, -0.2) is 17.4 Å². The van der Waals surface area contributed by atoms with Crippen LogP contribution >= 0.6 is 23.4 Å². The van der Waals surface area contributed by atoms with Gasteiger partial charge in [-0.2, -0.15) is 5.26 Å². The van der Waals surface area contributed by atoms with E-state index in [4.69, 9.17) is 11.6 Å². The molecule has 1 aliphatic heterocycles. The average molecular weight is 532 g/mol. The first-order valence-corrected chi connectivity index (χ1v) is 12.8. The predicted octanol–water partition coefficient (Wildman–Crippen LogP) is 6.74. The Hall–Kier alpha value is -3.86. The lowest BCUT2D eigenvalue weighted by Gasteiger charge is -2.30. The molecule has 3 aromatic carbocycles. The summed E-state index contributed by atoms with van der Waals surface area (Å²) < 4.78 is 13.2. The molecule has 4 rings (SSSR count). The van der Waals surface area contributed by atoms with Crippen LogP contribution in [-0.2, 0) is 4.79 Å². The van der Waals surface area contributed by atoms with Gasteiger partial charge in [-0.3, -0.25) is 9.59 Å². The molecule has 1 amide bonds. The fraction of sp³-hybridized carbons (Fsp3) is 0.138. The van der Waals surface area contributed by atoms with Crippen molar-refractivity contribution in [2.75, 3.05) is 11.1 Å². The van der Waals surface area contributed by atoms with Gasteiger partial charge in [0.2, 0.25) is 0 Å². The van der Waals surface area contributed by atoms with Gasteiger partial charge in [-0.1, -0.05) is 59.8 Å². The number of benzene rings is 3. The highest BCUT2D eigenvalue weighted by atomic mass is 35.5. The molecule has 0 saturated heterocycles. The third kappa shape index (κ3) is 5.77. The molecule has 186 valence electrons. The molecule has 0 radical (unpaired) electrons. The number of nitriles is 1. The third-order valence-electron chi connectivity index (χ3n) is 6.02. The first-order valence-electron chi connectivity index (χ1n) is 11.4. The Kier molecular flexibility index (Phi) is 8.12. The van der Waals surface area contributed by atoms with E-state index < -0.39 is 11.7 Å². The van der Waals surface area contributed by atoms with Crippen molar-refractivity contribution in [2.45, 2.75) is 19.8 Å². The smallest absolute Gasteiger partial charge is 0.254 e. The number of hydrogen-bond donors (Lipinski definition) is 2. The van der Waals surface area contributed by atoms with Crippen molar-refractivity contribution in [3.63, 3.8) is 0 Å². The number of aryl methyl sites for hydroxylation is 1. The van der Waals surface area contributed by atoms with Crippen molar-refractivity contribution in [3.05, 3.63) is 122 Å². The Labute approximate surface area is 224 Å². The number of anilines is 1. The third-order valence-corrected chi connectivity index (χ3v) is 7.38. The van der Waals surface area contributed by atoms with Crippen LogP contribution in [0, 0.1) is 24.1 Å². The number of carbonyl (C=O) groups is 2. The fourth-order valence-corrected chi connectivity index (χ4v) is 5.34. The Bertz CT molecular complexity index is 1470. The number of nitrogens with one attached hydrogen (secondary N) is 2. The number of rotatable bonds is 7. The van der Waals surface area contributed by atoms with E-state index in [-0.39, 0.29) is 23.0 Å². The zero-order valence-corrected chi connectivity index (χ0v) is 21.7. The van der Waals surface area contributed by atoms with Crippen LogP contribution in [0.5, 0.6) is 0 Å². The largest absolute Gasteiger partial charge is 0.353 e. The van der Waals surface area contributed by atoms with E-state index in [1.54, 1.807) is 31.2 Å². The van der Waals surface area contributed by atoms with Crippen LogP contribution in [0.4, 0.5) is 10.1 Å². The number of hydrogen-bond acceptors (Lipinski definition) is 5. The van der Waals surface area contributed by atoms with E-state index in [1.165, 1.54) is 24.3 Å². The SMILES string of the molecule is CC1=C(C(=O)Nc2ccccc2C)[C@H](c2ccccc2Cl)C(C#N)=C(SCC(=O)c2ccc(F)cc2)N1. The highest BCUT2D eigenvalue weighted by molar-refractivity contribution is 8.03. The molecule has 0 unspecified atom stereocenters. The molecule has 1 heterocycles. The standard InChI is InChI=1S/C29H23ClFN3O2S/c1-17-7-3-6-10-24(17)34-28(36)26-18(2)33-29(37-16-25(35)19-11-13-20(31)14-12-19)22(15-32)27(26)21-8-4-5-9-23(21)30/h3-14,27,33H,16H2,1-2H3,(H,34,36)/t27-/m1/s1. The monoisotopic (exact) mass is 531 g/mol. The van der Waals surface area contributed by atoms with Crippen molar-refractivity contribution in [1.82, 2.24) is 5.32 Å². The van der Waals surface area contributed by atoms with E-state index in [0.717, 1.165) is 17.3 Å². The number of nitrogens with zero attached hydrogens (tertiary/aromatic N) is 1. The highest BCUT2D eigenvalue weighted by Gasteiger charge is 2.36. The maximum Gasteiger partial charge on any atom is 0.254 e. The minimum Gasteiger partial charge on any atom is -0.353 e. The number of thioether (sulfide) groups is 1. The van der Waals surface area contributed by atoms with Crippen molar-refractivity contribution in [2.24, 2.45) is 0 Å². The summed E-state index contributed by atoms with van der Waals surface area (Å²) in [5.74, 6) is -1.72. The van der Waals surface area contributed by atoms with E-state index in [0.29, 0.717) is 38.1 Å². The summed E-state index contributed by atoms with van der Waals surface area (Å²) in [5, 5.41) is 17.2. The van der Waals surface area contributed by atoms with E-state index in [1.807, 2.05) is 31.2 Å². The number of para-hydroxylation sites is 1. The molecule has 0 aliphatic carbocycles. The summed E-state index contributed by atoms with van der Waals surface area (Å²) in [6, 6.07) is 22.1. The van der Waals surface area contributed by atoms with Crippen molar-refractivity contribution >= 4 is 40.7 Å². The zero-order chi connectivity index (χ0) is 26.5. The topological polar surface area (TPSA) is 82.0 Å². The average Bonchev–Trinajstić information content (AvgIpc) is 2.88. The van der Waals surface area contributed by atoms with E-state index in [9.17, 15) is 19.2 Å². The normalized spacial score (nSPS) is 15.2. The molecule has 5 nitrogen and oxygen atoms in total. The number of Topliss-reactive ketones (excluding diaryl/α,β-unsaturated/α-hetero) is 1. The minimum atomic E-state index is -0.743. The van der Waals surface area contributed by atoms with Crippen LogP contribution in [0.25, 0.3) is 0 Å². The van der Waals surface area contributed by atoms with Crippen molar-refractivity contribution in [1.29, 1.82) is 5.26 Å². The molecular weight excluding hydrogens is 509 g/mol. The van der Waals surface area contributed by atoms with Crippen molar-refractivity contribution in [3.8, 4) is 6.07 Å². The first-order chi connectivity index (χ1) is 17.8. The summed E-state index contributed by atoms with van der Waals surface area (Å²) in [7, 11) is 0. The second kappa shape index (κ2) is 11.5. The van der Waals surface area contributed by atoms with Crippen molar-refractivity contribution < 1.29 is 14.0 Å². The predicted molar refractivity (Wildman–Crippen MR) is 146 cm³/mol. The van der Waals surface area contributed by atoms with Gasteiger partial charge < -0.3 is 10.6 Å². The van der Waals surface area contributed by atoms with Crippen LogP contribution in [0.15, 0.2) is 94.7 Å². The molecule has 3 aromatic rings. The molecule has 0 spiro atoms. The van der Waals surface area contributed by atoms with E-state index in [2.05, 4.69) is 16.7 Å². The number of amides is 1. The number of allylic oxidation sites excluding steroid dienone is 2. The molecule has 0 saturated carbocycles. The molecule has 0 bridgehead atoms. The van der Waals surface area contributed by atoms with Gasteiger partial charge in [0.25, 0.3) is 5.91 Å². The number of halogens is 2. The van der Waals surface area contributed by atoms with Crippen LogP contribution < -0.4 is 10.6 Å². The lowest BCUT2D eigenvalue weighted by Crippen LogP contribution is -2.31. The maximum absolute atomic E-state index is 13.6. The van der Waals surface area contributed by atoms with Gasteiger partial charge in [0.05, 0.1) is 28.3 Å². The van der Waals surface area contributed by atoms with Crippen LogP contribution in [0.3, 0.4) is 0 Å². The second-order valence-corrected chi connectivity index (χ2v) is 9.85. The summed E-state index contributed by atoms with van der Waals surface area (Å²) >= 11 is 7.71. The lowest BCUT2D eigenvalue weighted by molar-refractivity contribution is -0.113. The number of carbonyl (C=O) groups excluding carboxylic acids is 2. The number of dihydropyridines is 1. The molecule has 1 aliphatic rings. The molecule has 1 atom stereocenters. The lowest BCUT2D eigenvalue weighted by atomic mass is 9.82. The van der Waals surface area contributed by atoms with Gasteiger partial charge in [0.15, 0.2) is 5.78 Å². The minimum absolute atomic E-state index is 0.0202. The summed E-state index contributed by atoms with van der Waals surface area (Å²) in [6.45, 7) is 3.65. The summed E-state index contributed by atoms with van der Waals surface area (Å²) in [4.78, 5) is 26.3. The summed E-state index contributed by atoms with van der Waals surface area (Å²) in [5.41, 5.74) is 3.74. The molecular formula is C29H23ClFN3O2S. The zero-order valence-electron chi connectivity index (χ0n) is 20.1. The Balaban J connectivity index is 1.70. The molecule has 2 N–H and O–H groups in total. The molecule has 0 aromatic heterocycles. The summed E-state index contributed by atoms with van der Waals surface area (Å²) in [6.07, 6.45) is 0. The quantitative estimate of drug-likeness (QED) is 0.330. The molecule has 0 fully saturated rings. The van der Waals surface area contributed by atoms with Gasteiger partial charge >= 0.3 is 0 Å². The Morgan fingerprint density at radius 2 is 1.73 bits per heavy atom. The number of ketones is 1. The first kappa shape index (κ1) is 26.2. The fourth-order valence-electron chi connectivity index (χ4n) is 4.11. The van der Waals surface area contributed by atoms with Crippen LogP contribution in [0.2, 0.25) is 5.02 Å². The van der Waals surface area contributed by atoms with Crippen LogP contribution in [0.1, 0.15) is 34.3 Å². The van der Waals surface area contributed by atoms with E-state index >= 15 is 0 Å².